The molecule has 1 heteroatoms. The average Bonchev–Trinajstić information content (AvgIpc) is 2.55. The monoisotopic (exact) mass is 175 g/mol. The standard InChI is InChI=1S/C12H17N/c1-3-12-11-6-4-5-10(11)9(2)7-8-13-12/h4,6,8-10H,3,5,7H2,1-2H3. The molecule has 0 bridgehead atoms. The van der Waals surface area contributed by atoms with Gasteiger partial charge >= 0.3 is 0 Å². The summed E-state index contributed by atoms with van der Waals surface area (Å²) in [6, 6.07) is 0. The number of rotatable bonds is 1. The molecule has 0 aromatic heterocycles. The van der Waals surface area contributed by atoms with E-state index in [0.29, 0.717) is 0 Å². The predicted molar refractivity (Wildman–Crippen MR) is 56.8 cm³/mol. The maximum absolute atomic E-state index is 4.54. The van der Waals surface area contributed by atoms with E-state index < -0.39 is 0 Å². The third kappa shape index (κ3) is 1.48. The molecule has 0 spiro atoms. The Morgan fingerprint density at radius 2 is 2.31 bits per heavy atom. The summed E-state index contributed by atoms with van der Waals surface area (Å²) in [5.74, 6) is 1.51. The molecule has 2 unspecified atom stereocenters. The average molecular weight is 175 g/mol. The number of nitrogens with zero attached hydrogens (tertiary/aromatic N) is 1. The Hall–Kier alpha value is -0.850. The molecule has 1 aliphatic heterocycles. The van der Waals surface area contributed by atoms with Crippen LogP contribution in [-0.4, -0.2) is 6.21 Å². The van der Waals surface area contributed by atoms with Gasteiger partial charge in [0.15, 0.2) is 0 Å². The molecule has 13 heavy (non-hydrogen) atoms. The van der Waals surface area contributed by atoms with Gasteiger partial charge in [-0.2, -0.15) is 0 Å². The van der Waals surface area contributed by atoms with E-state index >= 15 is 0 Å². The van der Waals surface area contributed by atoms with Crippen molar-refractivity contribution in [3.8, 4) is 0 Å². The molecule has 1 nitrogen and oxygen atoms in total. The van der Waals surface area contributed by atoms with Gasteiger partial charge in [-0.25, -0.2) is 0 Å². The molecule has 2 atom stereocenters. The van der Waals surface area contributed by atoms with Crippen molar-refractivity contribution in [1.82, 2.24) is 0 Å². The second kappa shape index (κ2) is 3.49. The first kappa shape index (κ1) is 8.74. The van der Waals surface area contributed by atoms with E-state index in [1.54, 1.807) is 0 Å². The Bertz CT molecular complexity index is 283. The van der Waals surface area contributed by atoms with Crippen molar-refractivity contribution in [3.05, 3.63) is 23.4 Å². The van der Waals surface area contributed by atoms with Crippen molar-refractivity contribution in [2.45, 2.75) is 33.1 Å². The van der Waals surface area contributed by atoms with E-state index in [1.807, 2.05) is 0 Å². The molecule has 0 aromatic rings. The molecule has 0 radical (unpaired) electrons. The summed E-state index contributed by atoms with van der Waals surface area (Å²) in [5, 5.41) is 0. The fourth-order valence-electron chi connectivity index (χ4n) is 2.30. The Balaban J connectivity index is 2.37. The van der Waals surface area contributed by atoms with Crippen LogP contribution >= 0.6 is 0 Å². The Labute approximate surface area is 80.3 Å². The molecule has 0 N–H and O–H groups in total. The van der Waals surface area contributed by atoms with Crippen LogP contribution in [0.15, 0.2) is 28.4 Å². The van der Waals surface area contributed by atoms with Crippen molar-refractivity contribution >= 4 is 6.21 Å². The number of aliphatic imine (C=N–C) groups is 1. The second-order valence-electron chi connectivity index (χ2n) is 4.02. The fraction of sp³-hybridized carbons (Fsp3) is 0.583. The van der Waals surface area contributed by atoms with E-state index in [-0.39, 0.29) is 0 Å². The summed E-state index contributed by atoms with van der Waals surface area (Å²) in [5.41, 5.74) is 2.81. The van der Waals surface area contributed by atoms with Gasteiger partial charge in [-0.3, -0.25) is 4.99 Å². The van der Waals surface area contributed by atoms with E-state index in [1.165, 1.54) is 17.7 Å². The summed E-state index contributed by atoms with van der Waals surface area (Å²) in [6.07, 6.45) is 10.1. The van der Waals surface area contributed by atoms with Crippen LogP contribution in [-0.2, 0) is 0 Å². The third-order valence-electron chi connectivity index (χ3n) is 3.17. The highest BCUT2D eigenvalue weighted by atomic mass is 14.7. The molecule has 2 rings (SSSR count). The zero-order chi connectivity index (χ0) is 9.26. The Kier molecular flexibility index (Phi) is 2.34. The third-order valence-corrected chi connectivity index (χ3v) is 3.17. The zero-order valence-corrected chi connectivity index (χ0v) is 8.46. The van der Waals surface area contributed by atoms with Crippen molar-refractivity contribution in [2.24, 2.45) is 16.8 Å². The van der Waals surface area contributed by atoms with Crippen LogP contribution in [0, 0.1) is 11.8 Å². The second-order valence-corrected chi connectivity index (χ2v) is 4.02. The lowest BCUT2D eigenvalue weighted by Crippen LogP contribution is -2.09. The first-order valence-corrected chi connectivity index (χ1v) is 5.25. The van der Waals surface area contributed by atoms with Crippen LogP contribution in [0.3, 0.4) is 0 Å². The normalized spacial score (nSPS) is 32.2. The highest BCUT2D eigenvalue weighted by Gasteiger charge is 2.25. The van der Waals surface area contributed by atoms with E-state index in [0.717, 1.165) is 24.7 Å². The molecule has 0 aromatic carbocycles. The summed E-state index contributed by atoms with van der Waals surface area (Å²) in [4.78, 5) is 4.54. The van der Waals surface area contributed by atoms with Gasteiger partial charge in [0.25, 0.3) is 0 Å². The van der Waals surface area contributed by atoms with Crippen LogP contribution in [0.5, 0.6) is 0 Å². The molecule has 0 saturated carbocycles. The lowest BCUT2D eigenvalue weighted by molar-refractivity contribution is 0.446. The van der Waals surface area contributed by atoms with Gasteiger partial charge in [0.2, 0.25) is 0 Å². The van der Waals surface area contributed by atoms with Crippen molar-refractivity contribution in [3.63, 3.8) is 0 Å². The highest BCUT2D eigenvalue weighted by molar-refractivity contribution is 5.61. The maximum atomic E-state index is 4.54. The van der Waals surface area contributed by atoms with Crippen LogP contribution in [0.2, 0.25) is 0 Å². The van der Waals surface area contributed by atoms with E-state index in [4.69, 9.17) is 0 Å². The van der Waals surface area contributed by atoms with Crippen LogP contribution in [0.4, 0.5) is 0 Å². The molecule has 2 aliphatic rings. The SMILES string of the molecule is CCC1=C2C=CCC2C(C)CC=N1. The number of fused-ring (bicyclic) bond motifs is 1. The minimum absolute atomic E-state index is 0.748. The largest absolute Gasteiger partial charge is 0.265 e. The molecule has 0 amide bonds. The number of allylic oxidation sites excluding steroid dienone is 4. The van der Waals surface area contributed by atoms with Gasteiger partial charge < -0.3 is 0 Å². The number of hydrogen-bond donors (Lipinski definition) is 0. The molecule has 0 fully saturated rings. The molecular weight excluding hydrogens is 158 g/mol. The zero-order valence-electron chi connectivity index (χ0n) is 8.46. The van der Waals surface area contributed by atoms with Gasteiger partial charge in [0, 0.05) is 11.9 Å². The van der Waals surface area contributed by atoms with Gasteiger partial charge in [-0.05, 0) is 36.7 Å². The predicted octanol–water partition coefficient (Wildman–Crippen LogP) is 3.34. The van der Waals surface area contributed by atoms with Gasteiger partial charge in [-0.15, -0.1) is 0 Å². The summed E-state index contributed by atoms with van der Waals surface area (Å²) in [6.45, 7) is 4.53. The maximum Gasteiger partial charge on any atom is 0.0431 e. The molecular formula is C12H17N. The van der Waals surface area contributed by atoms with E-state index in [9.17, 15) is 0 Å². The smallest absolute Gasteiger partial charge is 0.0431 e. The van der Waals surface area contributed by atoms with Crippen molar-refractivity contribution in [2.75, 3.05) is 0 Å². The molecule has 1 aliphatic carbocycles. The molecule has 0 saturated heterocycles. The first-order chi connectivity index (χ1) is 6.33. The topological polar surface area (TPSA) is 12.4 Å². The quantitative estimate of drug-likeness (QED) is 0.579. The van der Waals surface area contributed by atoms with E-state index in [2.05, 4.69) is 37.2 Å². The van der Waals surface area contributed by atoms with Crippen LogP contribution in [0.1, 0.15) is 33.1 Å². The summed E-state index contributed by atoms with van der Waals surface area (Å²) < 4.78 is 0. The lowest BCUT2D eigenvalue weighted by Gasteiger charge is -2.18. The van der Waals surface area contributed by atoms with Gasteiger partial charge in [-0.1, -0.05) is 26.0 Å². The minimum atomic E-state index is 0.748. The summed E-state index contributed by atoms with van der Waals surface area (Å²) in [7, 11) is 0. The van der Waals surface area contributed by atoms with Gasteiger partial charge in [0.1, 0.15) is 0 Å². The number of hydrogen-bond acceptors (Lipinski definition) is 1. The van der Waals surface area contributed by atoms with Crippen LogP contribution in [0.25, 0.3) is 0 Å². The highest BCUT2D eigenvalue weighted by Crippen LogP contribution is 2.37. The first-order valence-electron chi connectivity index (χ1n) is 5.25. The van der Waals surface area contributed by atoms with Crippen LogP contribution < -0.4 is 0 Å². The molecule has 70 valence electrons. The summed E-state index contributed by atoms with van der Waals surface area (Å²) >= 11 is 0. The van der Waals surface area contributed by atoms with Gasteiger partial charge in [0.05, 0.1) is 0 Å². The molecule has 1 heterocycles. The van der Waals surface area contributed by atoms with Crippen molar-refractivity contribution in [1.29, 1.82) is 0 Å². The minimum Gasteiger partial charge on any atom is -0.265 e. The Morgan fingerprint density at radius 1 is 1.46 bits per heavy atom. The fourth-order valence-corrected chi connectivity index (χ4v) is 2.30. The van der Waals surface area contributed by atoms with Crippen molar-refractivity contribution < 1.29 is 0 Å². The Morgan fingerprint density at radius 3 is 3.08 bits per heavy atom. The lowest BCUT2D eigenvalue weighted by atomic mass is 9.86.